The van der Waals surface area contributed by atoms with Crippen molar-refractivity contribution in [3.63, 3.8) is 0 Å². The highest BCUT2D eigenvalue weighted by Crippen LogP contribution is 2.09. The van der Waals surface area contributed by atoms with Crippen LogP contribution in [-0.4, -0.2) is 322 Å². The number of likely N-dealkylation sites (tertiary alicyclic amines) is 1. The standard InChI is InChI=1S/C10H19NO3.C8H17NO4.C8H15NO3.C8H17NO2.C7H15NO2.C6H13NO2.C6H12O2.C4H8O3.C3H6O2.CH4/c1-9(12)14-8-10(13)7-11-5-3-2-4-6-11;1-8(12)13-7-4-9(2-5-10)3-6-11;1-8(10)12-7-4-9-2-5-11-6-3-9;1-8(10)11-7-5-4-6-9(2)3;1-7(9)10-6-4-5-8(2)3;1-6(8)9-5-4-7(2)3;1-5(7)8-6(2,3)4;1-4(6)7-3-2-5;1-3(4)5-2;/h10,13H,2-8H2,1H3;10-11H,2-7H2,1H3;2-7H2,1H3;4-7H2,1-3H3;4-6H2,1-3H3;4-5H2,1-3H3;1-4H3;5H,2-3H2,1H3;1-2H3;1H4. The maximum atomic E-state index is 10.5. The molecule has 1 unspecified atom stereocenters. The van der Waals surface area contributed by atoms with Gasteiger partial charge in [-0.1, -0.05) is 13.8 Å². The highest BCUT2D eigenvalue weighted by molar-refractivity contribution is 5.68. The van der Waals surface area contributed by atoms with Crippen LogP contribution in [0.4, 0.5) is 0 Å². The van der Waals surface area contributed by atoms with Crippen molar-refractivity contribution < 1.29 is 111 Å². The van der Waals surface area contributed by atoms with Gasteiger partial charge in [0.05, 0.1) is 53.4 Å². The van der Waals surface area contributed by atoms with E-state index >= 15 is 0 Å². The zero-order valence-electron chi connectivity index (χ0n) is 58.0. The molecule has 2 aliphatic heterocycles. The molecule has 0 aromatic carbocycles. The number of β-amino-alcohol motifs (C(OH)–C–C–N with tert-alkyl or cyclic N) is 1. The minimum Gasteiger partial charge on any atom is -0.469 e. The van der Waals surface area contributed by atoms with Crippen molar-refractivity contribution in [3.8, 4) is 0 Å². The first kappa shape index (κ1) is 101. The Hall–Kier alpha value is -5.21. The number of rotatable bonds is 28. The van der Waals surface area contributed by atoms with E-state index in [2.05, 4.69) is 33.8 Å². The minimum atomic E-state index is -0.544. The number of hydrogen-bond donors (Lipinski definition) is 4. The van der Waals surface area contributed by atoms with Crippen LogP contribution in [0.2, 0.25) is 0 Å². The number of unbranched alkanes of at least 4 members (excludes halogenated alkanes) is 1. The SMILES string of the molecule is C.CC(=O)OC(C)(C)C.CC(=O)OCC(O)CN1CCCCC1.CC(=O)OCCCCN(C)C.CC(=O)OCCCN(C)C.CC(=O)OCCN(C)C.CC(=O)OCCN(CCO)CCO.CC(=O)OCCN1CCOCC1.CC(=O)OCCO.COC(C)=O. The maximum absolute atomic E-state index is 10.5. The van der Waals surface area contributed by atoms with Crippen LogP contribution >= 0.6 is 0 Å². The van der Waals surface area contributed by atoms with Gasteiger partial charge in [-0.3, -0.25) is 53.0 Å². The molecule has 4 N–H and O–H groups in total. The average molecular weight is 1310 g/mol. The number of esters is 9. The van der Waals surface area contributed by atoms with E-state index in [9.17, 15) is 48.3 Å². The highest BCUT2D eigenvalue weighted by atomic mass is 16.6. The summed E-state index contributed by atoms with van der Waals surface area (Å²) in [6.07, 6.45) is 6.11. The van der Waals surface area contributed by atoms with E-state index in [0.717, 1.165) is 84.8 Å². The molecule has 2 aliphatic rings. The Balaban J connectivity index is -0.000000142. The molecule has 29 heteroatoms. The number of piperidine rings is 1. The summed E-state index contributed by atoms with van der Waals surface area (Å²) in [5.41, 5.74) is -0.328. The second-order valence-corrected chi connectivity index (χ2v) is 21.2. The number of aliphatic hydroxyl groups is 4. The molecule has 0 bridgehead atoms. The van der Waals surface area contributed by atoms with Crippen molar-refractivity contribution in [2.75, 3.05) is 207 Å². The lowest BCUT2D eigenvalue weighted by Gasteiger charge is -2.28. The average Bonchev–Trinajstić information content (AvgIpc) is 3.66. The van der Waals surface area contributed by atoms with Gasteiger partial charge in [0.15, 0.2) is 0 Å². The molecule has 0 aromatic heterocycles. The molecule has 2 heterocycles. The van der Waals surface area contributed by atoms with Gasteiger partial charge in [0.25, 0.3) is 0 Å². The fourth-order valence-electron chi connectivity index (χ4n) is 6.12. The van der Waals surface area contributed by atoms with Crippen molar-refractivity contribution in [3.05, 3.63) is 0 Å². The lowest BCUT2D eigenvalue weighted by Crippen LogP contribution is -2.38. The molecule has 538 valence electrons. The van der Waals surface area contributed by atoms with Crippen LogP contribution < -0.4 is 0 Å². The van der Waals surface area contributed by atoms with E-state index in [1.807, 2.05) is 72.9 Å². The summed E-state index contributed by atoms with van der Waals surface area (Å²) < 4.78 is 46.8. The molecule has 2 rings (SSSR count). The summed E-state index contributed by atoms with van der Waals surface area (Å²) in [4.78, 5) is 104. The lowest BCUT2D eigenvalue weighted by molar-refractivity contribution is -0.152. The van der Waals surface area contributed by atoms with Gasteiger partial charge in [0.2, 0.25) is 0 Å². The number of carbonyl (C=O) groups excluding carboxylic acids is 9. The number of aliphatic hydroxyl groups excluding tert-OH is 4. The first-order valence-electron chi connectivity index (χ1n) is 29.9. The van der Waals surface area contributed by atoms with Gasteiger partial charge in [-0.15, -0.1) is 0 Å². The molecule has 0 aromatic rings. The van der Waals surface area contributed by atoms with Gasteiger partial charge >= 0.3 is 53.7 Å². The Morgan fingerprint density at radius 1 is 0.444 bits per heavy atom. The minimum absolute atomic E-state index is 0. The molecule has 1 atom stereocenters. The topological polar surface area (TPSA) is 346 Å². The molecule has 0 spiro atoms. The van der Waals surface area contributed by atoms with Crippen LogP contribution in [-0.2, 0) is 90.5 Å². The summed E-state index contributed by atoms with van der Waals surface area (Å²) in [5.74, 6) is -2.26. The maximum Gasteiger partial charge on any atom is 0.303 e. The third-order valence-corrected chi connectivity index (χ3v) is 10.1. The van der Waals surface area contributed by atoms with Gasteiger partial charge in [-0.2, -0.15) is 0 Å². The number of hydrogen-bond acceptors (Lipinski definition) is 29. The predicted molar refractivity (Wildman–Crippen MR) is 343 cm³/mol. The van der Waals surface area contributed by atoms with Crippen LogP contribution in [0.1, 0.15) is 129 Å². The molecular formula is C61H126N6O23. The summed E-state index contributed by atoms with van der Waals surface area (Å²) in [7, 11) is 13.3. The van der Waals surface area contributed by atoms with Crippen LogP contribution in [0.3, 0.4) is 0 Å². The number of methoxy groups -OCH3 is 1. The Bertz CT molecular complexity index is 1710. The zero-order valence-corrected chi connectivity index (χ0v) is 58.0. The summed E-state index contributed by atoms with van der Waals surface area (Å²) in [6.45, 7) is 31.9. The molecular weight excluding hydrogens is 1180 g/mol. The van der Waals surface area contributed by atoms with E-state index < -0.39 is 6.10 Å². The predicted octanol–water partition coefficient (Wildman–Crippen LogP) is 2.32. The van der Waals surface area contributed by atoms with Crippen LogP contribution in [0.5, 0.6) is 0 Å². The van der Waals surface area contributed by atoms with Crippen LogP contribution in [0.25, 0.3) is 0 Å². The Kier molecular flexibility index (Phi) is 81.7. The van der Waals surface area contributed by atoms with E-state index in [4.69, 9.17) is 48.5 Å². The number of ether oxygens (including phenoxy) is 10. The molecule has 0 amide bonds. The van der Waals surface area contributed by atoms with E-state index in [-0.39, 0.29) is 99.8 Å². The van der Waals surface area contributed by atoms with E-state index in [0.29, 0.717) is 59.2 Å². The molecule has 0 saturated carbocycles. The monoisotopic (exact) mass is 1310 g/mol. The first-order chi connectivity index (χ1) is 41.5. The number of likely N-dealkylation sites (N-methyl/N-ethyl adjacent to an activating group) is 1. The van der Waals surface area contributed by atoms with Gasteiger partial charge < -0.3 is 87.4 Å². The summed E-state index contributed by atoms with van der Waals surface area (Å²) >= 11 is 0. The molecule has 0 radical (unpaired) electrons. The summed E-state index contributed by atoms with van der Waals surface area (Å²) in [6, 6.07) is 0. The molecule has 2 saturated heterocycles. The smallest absolute Gasteiger partial charge is 0.303 e. The first-order valence-corrected chi connectivity index (χ1v) is 29.9. The van der Waals surface area contributed by atoms with Crippen molar-refractivity contribution in [2.24, 2.45) is 0 Å². The van der Waals surface area contributed by atoms with E-state index in [1.54, 1.807) is 0 Å². The van der Waals surface area contributed by atoms with Gasteiger partial charge in [-0.05, 0) is 115 Å². The Labute approximate surface area is 540 Å². The largest absolute Gasteiger partial charge is 0.469 e. The number of nitrogens with zero attached hydrogens (tertiary/aromatic N) is 6. The van der Waals surface area contributed by atoms with E-state index in [1.165, 1.54) is 88.7 Å². The van der Waals surface area contributed by atoms with Crippen molar-refractivity contribution in [2.45, 2.75) is 141 Å². The quantitative estimate of drug-likeness (QED) is 0.0496. The fourth-order valence-corrected chi connectivity index (χ4v) is 6.12. The highest BCUT2D eigenvalue weighted by Gasteiger charge is 2.16. The molecule has 90 heavy (non-hydrogen) atoms. The normalized spacial score (nSPS) is 12.6. The van der Waals surface area contributed by atoms with Crippen molar-refractivity contribution >= 4 is 53.7 Å². The van der Waals surface area contributed by atoms with Gasteiger partial charge in [0, 0.05) is 121 Å². The Morgan fingerprint density at radius 3 is 1.17 bits per heavy atom. The van der Waals surface area contributed by atoms with Crippen LogP contribution in [0.15, 0.2) is 0 Å². The van der Waals surface area contributed by atoms with Crippen molar-refractivity contribution in [1.82, 2.24) is 29.4 Å². The molecule has 29 nitrogen and oxygen atoms in total. The zero-order chi connectivity index (χ0) is 70.0. The Morgan fingerprint density at radius 2 is 0.822 bits per heavy atom. The second kappa shape index (κ2) is 72.8. The third-order valence-electron chi connectivity index (χ3n) is 10.1. The lowest BCUT2D eigenvalue weighted by atomic mass is 10.1. The number of carbonyl (C=O) groups is 9. The molecule has 0 aliphatic carbocycles. The molecule has 2 fully saturated rings. The third kappa shape index (κ3) is 114. The van der Waals surface area contributed by atoms with Gasteiger partial charge in [-0.25, -0.2) is 0 Å². The number of morpholine rings is 1. The second-order valence-electron chi connectivity index (χ2n) is 21.2. The van der Waals surface area contributed by atoms with Gasteiger partial charge in [0.1, 0.15) is 44.7 Å². The fraction of sp³-hybridized carbons (Fsp3) is 0.852. The van der Waals surface area contributed by atoms with Crippen molar-refractivity contribution in [1.29, 1.82) is 0 Å². The van der Waals surface area contributed by atoms with Crippen LogP contribution in [0, 0.1) is 0 Å². The summed E-state index contributed by atoms with van der Waals surface area (Å²) in [5, 5.41) is 34.9.